The molecule has 2 saturated heterocycles. The molecule has 0 saturated carbocycles. The molecule has 10 nitrogen and oxygen atoms in total. The average Bonchev–Trinajstić information content (AvgIpc) is 3.34. The van der Waals surface area contributed by atoms with E-state index >= 15 is 0 Å². The Morgan fingerprint density at radius 2 is 1.60 bits per heavy atom. The van der Waals surface area contributed by atoms with Crippen molar-refractivity contribution >= 4 is 30.3 Å². The molecule has 4 rings (SSSR count). The number of Topliss-reactive ketones (excluding diaryl/α,β-unsaturated/α-hetero) is 1. The minimum atomic E-state index is -2.61. The molecule has 2 aromatic rings. The SMILES string of the molecule is CC(C)C[C@H](NC(=O)[C@@H](CC(=O)c1cccc(-c2ccccc2)n1)[C@@H](C)O)[B-]12OC(=O)C[N+]1(C(C)C)CC(=O)O2. The Hall–Kier alpha value is -3.57. The number of amides is 1. The van der Waals surface area contributed by atoms with Gasteiger partial charge in [-0.25, -0.2) is 4.98 Å². The predicted octanol–water partition coefficient (Wildman–Crippen LogP) is 2.67. The maximum atomic E-state index is 13.7. The van der Waals surface area contributed by atoms with Crippen LogP contribution in [0.2, 0.25) is 0 Å². The zero-order valence-electron chi connectivity index (χ0n) is 23.7. The van der Waals surface area contributed by atoms with E-state index in [-0.39, 0.29) is 41.6 Å². The number of aliphatic hydroxyl groups is 1. The summed E-state index contributed by atoms with van der Waals surface area (Å²) in [6.45, 7) is 6.46. The Morgan fingerprint density at radius 1 is 0.975 bits per heavy atom. The van der Waals surface area contributed by atoms with Crippen molar-refractivity contribution in [3.05, 3.63) is 54.2 Å². The summed E-state index contributed by atoms with van der Waals surface area (Å²) in [5.41, 5.74) is 1.66. The van der Waals surface area contributed by atoms with Gasteiger partial charge < -0.3 is 24.1 Å². The first-order chi connectivity index (χ1) is 18.9. The third kappa shape index (κ3) is 5.53. The molecular formula is C29H38BN3O7. The first kappa shape index (κ1) is 29.4. The lowest BCUT2D eigenvalue weighted by atomic mass is 9.56. The number of carbonyl (C=O) groups excluding carboxylic acids is 4. The van der Waals surface area contributed by atoms with Gasteiger partial charge in [-0.05, 0) is 45.2 Å². The highest BCUT2D eigenvalue weighted by Crippen LogP contribution is 2.42. The summed E-state index contributed by atoms with van der Waals surface area (Å²) in [5.74, 6) is -3.85. The number of rotatable bonds is 11. The van der Waals surface area contributed by atoms with Crippen molar-refractivity contribution in [2.45, 2.75) is 65.5 Å². The highest BCUT2D eigenvalue weighted by molar-refractivity contribution is 6.68. The quantitative estimate of drug-likeness (QED) is 0.322. The number of fused-ring (bicyclic) bond motifs is 1. The van der Waals surface area contributed by atoms with Crippen LogP contribution < -0.4 is 5.32 Å². The topological polar surface area (TPSA) is 132 Å². The summed E-state index contributed by atoms with van der Waals surface area (Å²) in [7, 11) is 0. The van der Waals surface area contributed by atoms with Crippen LogP contribution in [0.1, 0.15) is 57.9 Å². The van der Waals surface area contributed by atoms with Gasteiger partial charge in [0.1, 0.15) is 18.8 Å². The van der Waals surface area contributed by atoms with Crippen molar-refractivity contribution in [1.29, 1.82) is 0 Å². The molecule has 2 aliphatic rings. The number of quaternary nitrogens is 1. The Bertz CT molecular complexity index is 1260. The van der Waals surface area contributed by atoms with Crippen molar-refractivity contribution in [2.24, 2.45) is 11.8 Å². The molecule has 40 heavy (non-hydrogen) atoms. The highest BCUT2D eigenvalue weighted by atomic mass is 16.7. The van der Waals surface area contributed by atoms with Crippen LogP contribution in [0.15, 0.2) is 48.5 Å². The minimum Gasteiger partial charge on any atom is -0.599 e. The summed E-state index contributed by atoms with van der Waals surface area (Å²) in [5, 5.41) is 13.5. The van der Waals surface area contributed by atoms with Crippen LogP contribution >= 0.6 is 0 Å². The molecular weight excluding hydrogens is 513 g/mol. The summed E-state index contributed by atoms with van der Waals surface area (Å²) in [6.07, 6.45) is -1.08. The van der Waals surface area contributed by atoms with E-state index in [0.717, 1.165) is 5.56 Å². The molecule has 0 bridgehead atoms. The van der Waals surface area contributed by atoms with Gasteiger partial charge in [0.05, 0.1) is 23.7 Å². The average molecular weight is 551 g/mol. The first-order valence-electron chi connectivity index (χ1n) is 13.9. The van der Waals surface area contributed by atoms with Gasteiger partial charge in [0.25, 0.3) is 0 Å². The van der Waals surface area contributed by atoms with Gasteiger partial charge in [-0.3, -0.25) is 19.2 Å². The van der Waals surface area contributed by atoms with Crippen LogP contribution in [0.5, 0.6) is 0 Å². The smallest absolute Gasteiger partial charge is 0.599 e. The lowest BCUT2D eigenvalue weighted by molar-refractivity contribution is -0.839. The number of carbonyl (C=O) groups is 4. The first-order valence-corrected chi connectivity index (χ1v) is 13.9. The van der Waals surface area contributed by atoms with E-state index in [4.69, 9.17) is 9.31 Å². The van der Waals surface area contributed by atoms with Crippen molar-refractivity contribution in [3.63, 3.8) is 0 Å². The van der Waals surface area contributed by atoms with Crippen molar-refractivity contribution in [3.8, 4) is 11.3 Å². The van der Waals surface area contributed by atoms with Crippen molar-refractivity contribution in [1.82, 2.24) is 10.3 Å². The van der Waals surface area contributed by atoms with Crippen molar-refractivity contribution in [2.75, 3.05) is 13.1 Å². The molecule has 11 heteroatoms. The van der Waals surface area contributed by atoms with Gasteiger partial charge in [0, 0.05) is 18.0 Å². The third-order valence-corrected chi connectivity index (χ3v) is 8.18. The van der Waals surface area contributed by atoms with Gasteiger partial charge in [-0.2, -0.15) is 0 Å². The maximum absolute atomic E-state index is 13.7. The number of nitrogens with one attached hydrogen (secondary N) is 1. The van der Waals surface area contributed by atoms with Gasteiger partial charge in [0.2, 0.25) is 5.91 Å². The molecule has 2 aliphatic heterocycles. The molecule has 1 aromatic heterocycles. The molecule has 3 atom stereocenters. The zero-order chi connectivity index (χ0) is 29.2. The standard InChI is InChI=1S/C29H38BN3O7/c1-18(2)14-26(30-33(19(3)4,16-27(36)39-30)17-28(37)40-30)32-29(38)22(20(5)34)15-25(35)24-13-9-12-23(31-24)21-10-7-6-8-11-21/h6-13,18-20,22,26,34H,14-17H2,1-5H3,(H,32,38)/t20-,22+,26+,30?,33?/m1/s1. The van der Waals surface area contributed by atoms with E-state index in [1.54, 1.807) is 18.2 Å². The van der Waals surface area contributed by atoms with Crippen LogP contribution in [0.3, 0.4) is 0 Å². The van der Waals surface area contributed by atoms with Gasteiger partial charge in [0.15, 0.2) is 5.78 Å². The molecule has 0 unspecified atom stereocenters. The number of aromatic nitrogens is 1. The molecule has 2 fully saturated rings. The van der Waals surface area contributed by atoms with Crippen LogP contribution in [0.25, 0.3) is 11.3 Å². The highest BCUT2D eigenvalue weighted by Gasteiger charge is 2.72. The van der Waals surface area contributed by atoms with Gasteiger partial charge >= 0.3 is 18.6 Å². The number of nitrogens with zero attached hydrogens (tertiary/aromatic N) is 2. The predicted molar refractivity (Wildman–Crippen MR) is 148 cm³/mol. The second kappa shape index (κ2) is 11.5. The normalized spacial score (nSPS) is 24.3. The Labute approximate surface area is 234 Å². The minimum absolute atomic E-state index is 0.0240. The van der Waals surface area contributed by atoms with Crippen LogP contribution in [0, 0.1) is 11.8 Å². The van der Waals surface area contributed by atoms with Crippen LogP contribution in [-0.2, 0) is 23.7 Å². The van der Waals surface area contributed by atoms with E-state index in [0.29, 0.717) is 12.1 Å². The number of aliphatic hydroxyl groups excluding tert-OH is 1. The van der Waals surface area contributed by atoms with E-state index in [1.165, 1.54) is 6.92 Å². The molecule has 1 aromatic carbocycles. The number of pyridine rings is 1. The second-order valence-electron chi connectivity index (χ2n) is 11.7. The fourth-order valence-electron chi connectivity index (χ4n) is 6.06. The molecule has 214 valence electrons. The zero-order valence-corrected chi connectivity index (χ0v) is 23.7. The molecule has 1 amide bonds. The summed E-state index contributed by atoms with van der Waals surface area (Å²) >= 11 is 0. The molecule has 0 spiro atoms. The van der Waals surface area contributed by atoms with Crippen molar-refractivity contribution < 1.29 is 38.0 Å². The third-order valence-electron chi connectivity index (χ3n) is 8.18. The maximum Gasteiger partial charge on any atom is 0.605 e. The van der Waals surface area contributed by atoms with Gasteiger partial charge in [-0.1, -0.05) is 50.2 Å². The number of ketones is 1. The van der Waals surface area contributed by atoms with E-state index < -0.39 is 48.3 Å². The number of hydrogen-bond acceptors (Lipinski definition) is 8. The number of benzene rings is 1. The van der Waals surface area contributed by atoms with E-state index in [1.807, 2.05) is 58.0 Å². The van der Waals surface area contributed by atoms with E-state index in [2.05, 4.69) is 10.3 Å². The summed E-state index contributed by atoms with van der Waals surface area (Å²) in [4.78, 5) is 56.7. The molecule has 0 radical (unpaired) electrons. The van der Waals surface area contributed by atoms with Gasteiger partial charge in [-0.15, -0.1) is 0 Å². The number of hydrogen-bond donors (Lipinski definition) is 2. The Morgan fingerprint density at radius 3 is 2.15 bits per heavy atom. The molecule has 2 N–H and O–H groups in total. The Kier molecular flexibility index (Phi) is 8.46. The summed E-state index contributed by atoms with van der Waals surface area (Å²) < 4.78 is 11.6. The van der Waals surface area contributed by atoms with E-state index in [9.17, 15) is 24.3 Å². The monoisotopic (exact) mass is 551 g/mol. The largest absolute Gasteiger partial charge is 0.605 e. The fraction of sp³-hybridized carbons (Fsp3) is 0.483. The second-order valence-corrected chi connectivity index (χ2v) is 11.7. The van der Waals surface area contributed by atoms with Crippen LogP contribution in [0.4, 0.5) is 0 Å². The lowest BCUT2D eigenvalue weighted by Crippen LogP contribution is -2.75. The fourth-order valence-corrected chi connectivity index (χ4v) is 6.06. The lowest BCUT2D eigenvalue weighted by Gasteiger charge is -2.50. The molecule has 3 heterocycles. The molecule has 0 aliphatic carbocycles. The summed E-state index contributed by atoms with van der Waals surface area (Å²) in [6, 6.07) is 14.3. The van der Waals surface area contributed by atoms with Crippen LogP contribution in [-0.4, -0.2) is 76.0 Å². The Balaban J connectivity index is 1.60.